The first-order valence-electron chi connectivity index (χ1n) is 9.83. The van der Waals surface area contributed by atoms with Gasteiger partial charge in [-0.3, -0.25) is 4.79 Å². The van der Waals surface area contributed by atoms with Crippen molar-refractivity contribution < 1.29 is 4.79 Å². The first kappa shape index (κ1) is 17.4. The molecular formula is C28H20O. The van der Waals surface area contributed by atoms with Crippen LogP contribution in [0.25, 0.3) is 33.9 Å². The van der Waals surface area contributed by atoms with Gasteiger partial charge in [0.25, 0.3) is 0 Å². The number of hydrogen-bond acceptors (Lipinski definition) is 1. The molecule has 0 amide bonds. The lowest BCUT2D eigenvalue weighted by Crippen LogP contribution is -1.92. The molecule has 0 aliphatic heterocycles. The van der Waals surface area contributed by atoms with E-state index in [2.05, 4.69) is 78.9 Å². The van der Waals surface area contributed by atoms with Gasteiger partial charge in [-0.2, -0.15) is 0 Å². The summed E-state index contributed by atoms with van der Waals surface area (Å²) in [6.07, 6.45) is 2.23. The fourth-order valence-electron chi connectivity index (χ4n) is 4.14. The Labute approximate surface area is 171 Å². The zero-order chi connectivity index (χ0) is 19.8. The maximum atomic E-state index is 11.6. The minimum Gasteiger partial charge on any atom is -0.295 e. The van der Waals surface area contributed by atoms with Gasteiger partial charge in [0.05, 0.1) is 0 Å². The van der Waals surface area contributed by atoms with E-state index in [0.717, 1.165) is 11.1 Å². The van der Waals surface area contributed by atoms with Gasteiger partial charge >= 0.3 is 0 Å². The Morgan fingerprint density at radius 1 is 0.552 bits per heavy atom. The van der Waals surface area contributed by atoms with Crippen molar-refractivity contribution in [3.8, 4) is 22.3 Å². The molecule has 0 fully saturated rings. The van der Waals surface area contributed by atoms with Gasteiger partial charge in [-0.25, -0.2) is 0 Å². The smallest absolute Gasteiger partial charge is 0.159 e. The lowest BCUT2D eigenvalue weighted by Gasteiger charge is -2.12. The van der Waals surface area contributed by atoms with Gasteiger partial charge in [-0.05, 0) is 57.5 Å². The number of rotatable bonds is 2. The molecule has 138 valence electrons. The van der Waals surface area contributed by atoms with Crippen molar-refractivity contribution in [2.24, 2.45) is 0 Å². The predicted octanol–water partition coefficient (Wildman–Crippen LogP) is 7.13. The SMILES string of the molecule is CC(=O)c1ccc(C=C2c3ccccc3-c3ccccc3-c3ccccc32)cc1. The predicted molar refractivity (Wildman–Crippen MR) is 121 cm³/mol. The van der Waals surface area contributed by atoms with Crippen molar-refractivity contribution in [3.05, 3.63) is 119 Å². The second-order valence-corrected chi connectivity index (χ2v) is 7.37. The monoisotopic (exact) mass is 372 g/mol. The zero-order valence-corrected chi connectivity index (χ0v) is 16.2. The van der Waals surface area contributed by atoms with Crippen LogP contribution in [-0.2, 0) is 0 Å². The van der Waals surface area contributed by atoms with E-state index >= 15 is 0 Å². The number of benzene rings is 4. The maximum absolute atomic E-state index is 11.6. The molecule has 0 radical (unpaired) electrons. The minimum atomic E-state index is 0.0878. The summed E-state index contributed by atoms with van der Waals surface area (Å²) in [6, 6.07) is 33.7. The van der Waals surface area contributed by atoms with Crippen LogP contribution in [0.4, 0.5) is 0 Å². The van der Waals surface area contributed by atoms with Crippen LogP contribution in [0.1, 0.15) is 34.0 Å². The first-order valence-corrected chi connectivity index (χ1v) is 9.83. The maximum Gasteiger partial charge on any atom is 0.159 e. The number of ketones is 1. The van der Waals surface area contributed by atoms with Crippen molar-refractivity contribution >= 4 is 17.4 Å². The Bertz CT molecular complexity index is 1190. The Kier molecular flexibility index (Phi) is 4.22. The normalized spacial score (nSPS) is 11.7. The summed E-state index contributed by atoms with van der Waals surface area (Å²) in [4.78, 5) is 11.6. The van der Waals surface area contributed by atoms with Crippen molar-refractivity contribution in [3.63, 3.8) is 0 Å². The second-order valence-electron chi connectivity index (χ2n) is 7.37. The number of hydrogen-bond donors (Lipinski definition) is 0. The van der Waals surface area contributed by atoms with Crippen LogP contribution < -0.4 is 0 Å². The van der Waals surface area contributed by atoms with Gasteiger partial charge in [0.2, 0.25) is 0 Å². The summed E-state index contributed by atoms with van der Waals surface area (Å²) < 4.78 is 0. The third kappa shape index (κ3) is 3.01. The average Bonchev–Trinajstić information content (AvgIpc) is 2.88. The molecule has 4 aromatic rings. The third-order valence-electron chi connectivity index (χ3n) is 5.57. The molecule has 29 heavy (non-hydrogen) atoms. The van der Waals surface area contributed by atoms with E-state index in [4.69, 9.17) is 0 Å². The summed E-state index contributed by atoms with van der Waals surface area (Å²) in [5.41, 5.74) is 10.5. The van der Waals surface area contributed by atoms with Crippen LogP contribution in [0.15, 0.2) is 97.1 Å². The molecule has 1 heteroatoms. The number of carbonyl (C=O) groups excluding carboxylic acids is 1. The van der Waals surface area contributed by atoms with Gasteiger partial charge in [-0.15, -0.1) is 0 Å². The van der Waals surface area contributed by atoms with E-state index in [1.165, 1.54) is 39.0 Å². The fraction of sp³-hybridized carbons (Fsp3) is 0.0357. The van der Waals surface area contributed by atoms with E-state index in [1.54, 1.807) is 6.92 Å². The zero-order valence-electron chi connectivity index (χ0n) is 16.2. The molecule has 1 aliphatic carbocycles. The molecule has 0 atom stereocenters. The van der Waals surface area contributed by atoms with Crippen molar-refractivity contribution in [1.29, 1.82) is 0 Å². The van der Waals surface area contributed by atoms with Crippen LogP contribution in [0.5, 0.6) is 0 Å². The van der Waals surface area contributed by atoms with Gasteiger partial charge in [0.15, 0.2) is 5.78 Å². The quantitative estimate of drug-likeness (QED) is 0.301. The summed E-state index contributed by atoms with van der Waals surface area (Å²) in [5, 5.41) is 0. The fourth-order valence-corrected chi connectivity index (χ4v) is 4.14. The van der Waals surface area contributed by atoms with E-state index in [0.29, 0.717) is 0 Å². The molecule has 0 saturated carbocycles. The molecule has 5 rings (SSSR count). The van der Waals surface area contributed by atoms with Gasteiger partial charge in [0, 0.05) is 5.56 Å². The molecule has 4 aromatic carbocycles. The van der Waals surface area contributed by atoms with Crippen LogP contribution in [0.3, 0.4) is 0 Å². The minimum absolute atomic E-state index is 0.0878. The molecule has 0 unspecified atom stereocenters. The molecule has 1 aliphatic rings. The Morgan fingerprint density at radius 3 is 1.34 bits per heavy atom. The Morgan fingerprint density at radius 2 is 0.931 bits per heavy atom. The third-order valence-corrected chi connectivity index (χ3v) is 5.57. The summed E-state index contributed by atoms with van der Waals surface area (Å²) in [7, 11) is 0. The summed E-state index contributed by atoms with van der Waals surface area (Å²) >= 11 is 0. The second kappa shape index (κ2) is 7.03. The standard InChI is InChI=1S/C28H20O/c1-19(29)21-16-14-20(15-17-21)18-28-26-12-6-4-10-24(26)22-8-2-3-9-23(22)25-11-5-7-13-27(25)28/h2-18H,1H3. The highest BCUT2D eigenvalue weighted by Crippen LogP contribution is 2.45. The molecule has 0 spiro atoms. The van der Waals surface area contributed by atoms with E-state index < -0.39 is 0 Å². The molecule has 0 aromatic heterocycles. The first-order chi connectivity index (χ1) is 14.2. The molecule has 1 nitrogen and oxygen atoms in total. The van der Waals surface area contributed by atoms with Crippen LogP contribution in [0.2, 0.25) is 0 Å². The summed E-state index contributed by atoms with van der Waals surface area (Å²) in [5.74, 6) is 0.0878. The summed E-state index contributed by atoms with van der Waals surface area (Å²) in [6.45, 7) is 1.60. The Hall–Kier alpha value is -3.71. The highest BCUT2D eigenvalue weighted by atomic mass is 16.1. The molecule has 0 saturated heterocycles. The topological polar surface area (TPSA) is 17.1 Å². The van der Waals surface area contributed by atoms with Crippen LogP contribution >= 0.6 is 0 Å². The van der Waals surface area contributed by atoms with Crippen molar-refractivity contribution in [1.82, 2.24) is 0 Å². The van der Waals surface area contributed by atoms with Crippen LogP contribution in [0, 0.1) is 0 Å². The van der Waals surface area contributed by atoms with Crippen molar-refractivity contribution in [2.75, 3.05) is 0 Å². The van der Waals surface area contributed by atoms with Gasteiger partial charge in [-0.1, -0.05) is 97.1 Å². The molecule has 0 heterocycles. The van der Waals surface area contributed by atoms with E-state index in [-0.39, 0.29) is 5.78 Å². The highest BCUT2D eigenvalue weighted by Gasteiger charge is 2.21. The number of carbonyl (C=O) groups is 1. The lowest BCUT2D eigenvalue weighted by molar-refractivity contribution is 0.101. The molecular weight excluding hydrogens is 352 g/mol. The van der Waals surface area contributed by atoms with E-state index in [9.17, 15) is 4.79 Å². The lowest BCUT2D eigenvalue weighted by atomic mass is 9.91. The Balaban J connectivity index is 1.80. The van der Waals surface area contributed by atoms with Gasteiger partial charge < -0.3 is 0 Å². The van der Waals surface area contributed by atoms with Crippen LogP contribution in [-0.4, -0.2) is 5.78 Å². The largest absolute Gasteiger partial charge is 0.295 e. The number of fused-ring (bicyclic) bond motifs is 5. The molecule has 0 bridgehead atoms. The molecule has 0 N–H and O–H groups in total. The van der Waals surface area contributed by atoms with Crippen molar-refractivity contribution in [2.45, 2.75) is 6.92 Å². The number of Topliss-reactive ketones (excluding diaryl/α,β-unsaturated/α-hetero) is 1. The van der Waals surface area contributed by atoms with Gasteiger partial charge in [0.1, 0.15) is 0 Å². The highest BCUT2D eigenvalue weighted by molar-refractivity contribution is 6.06. The average molecular weight is 372 g/mol. The van der Waals surface area contributed by atoms with E-state index in [1.807, 2.05) is 24.3 Å².